The smallest absolute Gasteiger partial charge is 0.342 e. The minimum Gasteiger partial charge on any atom is -0.488 e. The normalized spacial score (nSPS) is 10.7. The van der Waals surface area contributed by atoms with Crippen molar-refractivity contribution in [1.82, 2.24) is 9.13 Å². The van der Waals surface area contributed by atoms with Crippen molar-refractivity contribution in [3.05, 3.63) is 90.0 Å². The Bertz CT molecular complexity index is 1360. The standard InChI is InChI=1S/C22H19Cl2N3O6/c1-26-19(25)18(20(29)27(2)22(26)31)16(28)11-33-21(30)14-5-3-4-6-17(14)32-10-12-7-8-13(23)9-15(12)24/h3-9H,10-11,25H2,1-2H3. The van der Waals surface area contributed by atoms with Gasteiger partial charge in [0.1, 0.15) is 29.3 Å². The monoisotopic (exact) mass is 491 g/mol. The number of carbonyl (C=O) groups is 2. The fraction of sp³-hybridized carbons (Fsp3) is 0.182. The number of para-hydroxylation sites is 1. The van der Waals surface area contributed by atoms with Crippen molar-refractivity contribution in [1.29, 1.82) is 0 Å². The number of nitrogen functional groups attached to an aromatic ring is 1. The number of ether oxygens (including phenoxy) is 2. The van der Waals surface area contributed by atoms with Gasteiger partial charge in [-0.05, 0) is 24.3 Å². The summed E-state index contributed by atoms with van der Waals surface area (Å²) < 4.78 is 12.5. The number of ketones is 1. The Balaban J connectivity index is 1.75. The summed E-state index contributed by atoms with van der Waals surface area (Å²) in [7, 11) is 2.54. The molecule has 0 spiro atoms. The highest BCUT2D eigenvalue weighted by atomic mass is 35.5. The van der Waals surface area contributed by atoms with Crippen molar-refractivity contribution < 1.29 is 19.1 Å². The van der Waals surface area contributed by atoms with Gasteiger partial charge < -0.3 is 15.2 Å². The first-order valence-corrected chi connectivity index (χ1v) is 10.3. The number of rotatable bonds is 7. The first-order valence-electron chi connectivity index (χ1n) is 9.53. The number of nitrogens with zero attached hydrogens (tertiary/aromatic N) is 2. The molecule has 0 aliphatic carbocycles. The lowest BCUT2D eigenvalue weighted by Gasteiger charge is -2.13. The molecule has 1 heterocycles. The van der Waals surface area contributed by atoms with Crippen LogP contribution < -0.4 is 21.7 Å². The predicted octanol–water partition coefficient (Wildman–Crippen LogP) is 2.59. The third kappa shape index (κ3) is 5.10. The Morgan fingerprint density at radius 1 is 1.03 bits per heavy atom. The highest BCUT2D eigenvalue weighted by Gasteiger charge is 2.22. The molecular formula is C22H19Cl2N3O6. The van der Waals surface area contributed by atoms with E-state index in [9.17, 15) is 19.2 Å². The molecule has 0 saturated heterocycles. The summed E-state index contributed by atoms with van der Waals surface area (Å²) in [6, 6.07) is 11.2. The highest BCUT2D eigenvalue weighted by Crippen LogP contribution is 2.25. The van der Waals surface area contributed by atoms with Crippen LogP contribution >= 0.6 is 23.2 Å². The van der Waals surface area contributed by atoms with E-state index >= 15 is 0 Å². The van der Waals surface area contributed by atoms with Crippen LogP contribution in [0.2, 0.25) is 10.0 Å². The quantitative estimate of drug-likeness (QED) is 0.397. The molecule has 0 unspecified atom stereocenters. The molecular weight excluding hydrogens is 473 g/mol. The molecule has 0 amide bonds. The number of nitrogens with two attached hydrogens (primary N) is 1. The fourth-order valence-corrected chi connectivity index (χ4v) is 3.42. The number of carbonyl (C=O) groups excluding carboxylic acids is 2. The van der Waals surface area contributed by atoms with Crippen LogP contribution in [0.25, 0.3) is 0 Å². The molecule has 3 aromatic rings. The number of halogens is 2. The van der Waals surface area contributed by atoms with Gasteiger partial charge >= 0.3 is 11.7 Å². The van der Waals surface area contributed by atoms with Gasteiger partial charge in [-0.25, -0.2) is 9.59 Å². The third-order valence-electron chi connectivity index (χ3n) is 4.83. The molecule has 172 valence electrons. The predicted molar refractivity (Wildman–Crippen MR) is 123 cm³/mol. The molecule has 0 fully saturated rings. The van der Waals surface area contributed by atoms with Crippen molar-refractivity contribution in [2.75, 3.05) is 12.3 Å². The number of Topliss-reactive ketones (excluding diaryl/α,β-unsaturated/α-hetero) is 1. The van der Waals surface area contributed by atoms with Gasteiger partial charge in [0.15, 0.2) is 6.61 Å². The molecule has 0 atom stereocenters. The molecule has 11 heteroatoms. The zero-order valence-corrected chi connectivity index (χ0v) is 19.1. The van der Waals surface area contributed by atoms with E-state index in [-0.39, 0.29) is 23.7 Å². The zero-order chi connectivity index (χ0) is 24.3. The van der Waals surface area contributed by atoms with E-state index in [1.165, 1.54) is 20.2 Å². The minimum atomic E-state index is -0.875. The Kier molecular flexibility index (Phi) is 7.25. The molecule has 2 N–H and O–H groups in total. The van der Waals surface area contributed by atoms with Crippen molar-refractivity contribution in [3.8, 4) is 5.75 Å². The topological polar surface area (TPSA) is 123 Å². The van der Waals surface area contributed by atoms with Crippen LogP contribution in [0.1, 0.15) is 26.3 Å². The number of benzene rings is 2. The maximum absolute atomic E-state index is 12.6. The first-order chi connectivity index (χ1) is 15.6. The second-order valence-electron chi connectivity index (χ2n) is 6.99. The molecule has 3 rings (SSSR count). The first kappa shape index (κ1) is 24.1. The lowest BCUT2D eigenvalue weighted by atomic mass is 10.2. The Morgan fingerprint density at radius 2 is 1.73 bits per heavy atom. The molecule has 2 aromatic carbocycles. The van der Waals surface area contributed by atoms with Crippen LogP contribution in [-0.4, -0.2) is 27.5 Å². The van der Waals surface area contributed by atoms with E-state index in [0.29, 0.717) is 15.6 Å². The van der Waals surface area contributed by atoms with Crippen LogP contribution in [-0.2, 0) is 25.4 Å². The van der Waals surface area contributed by atoms with Gasteiger partial charge in [-0.1, -0.05) is 41.4 Å². The molecule has 9 nitrogen and oxygen atoms in total. The number of aromatic nitrogens is 2. The van der Waals surface area contributed by atoms with Gasteiger partial charge in [0.25, 0.3) is 5.56 Å². The van der Waals surface area contributed by atoms with E-state index < -0.39 is 35.2 Å². The lowest BCUT2D eigenvalue weighted by molar-refractivity contribution is 0.0469. The van der Waals surface area contributed by atoms with Gasteiger partial charge in [-0.15, -0.1) is 0 Å². The van der Waals surface area contributed by atoms with E-state index in [4.69, 9.17) is 38.4 Å². The van der Waals surface area contributed by atoms with E-state index in [1.807, 2.05) is 0 Å². The van der Waals surface area contributed by atoms with Crippen molar-refractivity contribution in [2.45, 2.75) is 6.61 Å². The van der Waals surface area contributed by atoms with Gasteiger partial charge in [0.2, 0.25) is 5.78 Å². The molecule has 33 heavy (non-hydrogen) atoms. The summed E-state index contributed by atoms with van der Waals surface area (Å²) in [5.41, 5.74) is 4.49. The summed E-state index contributed by atoms with van der Waals surface area (Å²) in [6.45, 7) is -0.697. The van der Waals surface area contributed by atoms with Crippen LogP contribution in [0.15, 0.2) is 52.1 Å². The summed E-state index contributed by atoms with van der Waals surface area (Å²) in [4.78, 5) is 49.4. The second-order valence-corrected chi connectivity index (χ2v) is 7.83. The van der Waals surface area contributed by atoms with Crippen molar-refractivity contribution >= 4 is 40.8 Å². The summed E-state index contributed by atoms with van der Waals surface area (Å²) >= 11 is 12.0. The molecule has 1 aromatic heterocycles. The van der Waals surface area contributed by atoms with E-state index in [1.54, 1.807) is 36.4 Å². The number of hydrogen-bond acceptors (Lipinski definition) is 7. The maximum Gasteiger partial charge on any atom is 0.342 e. The Labute approximate surface area is 197 Å². The average Bonchev–Trinajstić information content (AvgIpc) is 2.79. The molecule has 0 saturated carbocycles. The third-order valence-corrected chi connectivity index (χ3v) is 5.42. The SMILES string of the molecule is Cn1c(N)c(C(=O)COC(=O)c2ccccc2OCc2ccc(Cl)cc2Cl)c(=O)n(C)c1=O. The van der Waals surface area contributed by atoms with Crippen LogP contribution in [0.4, 0.5) is 5.82 Å². The molecule has 0 aliphatic rings. The summed E-state index contributed by atoms with van der Waals surface area (Å²) in [5, 5.41) is 0.885. The largest absolute Gasteiger partial charge is 0.488 e. The van der Waals surface area contributed by atoms with Gasteiger partial charge in [-0.3, -0.25) is 18.7 Å². The van der Waals surface area contributed by atoms with Gasteiger partial charge in [0, 0.05) is 29.7 Å². The lowest BCUT2D eigenvalue weighted by Crippen LogP contribution is -2.42. The van der Waals surface area contributed by atoms with Gasteiger partial charge in [0.05, 0.1) is 0 Å². The zero-order valence-electron chi connectivity index (χ0n) is 17.6. The summed E-state index contributed by atoms with van der Waals surface area (Å²) in [6.07, 6.45) is 0. The molecule has 0 aliphatic heterocycles. The van der Waals surface area contributed by atoms with Crippen LogP contribution in [0, 0.1) is 0 Å². The van der Waals surface area contributed by atoms with Gasteiger partial charge in [-0.2, -0.15) is 0 Å². The highest BCUT2D eigenvalue weighted by molar-refractivity contribution is 6.35. The molecule has 0 radical (unpaired) electrons. The Hall–Kier alpha value is -3.56. The Morgan fingerprint density at radius 3 is 2.42 bits per heavy atom. The van der Waals surface area contributed by atoms with E-state index in [2.05, 4.69) is 0 Å². The number of anilines is 1. The maximum atomic E-state index is 12.6. The van der Waals surface area contributed by atoms with Crippen LogP contribution in [0.5, 0.6) is 5.75 Å². The van der Waals surface area contributed by atoms with Crippen molar-refractivity contribution in [2.24, 2.45) is 14.1 Å². The average molecular weight is 492 g/mol. The minimum absolute atomic E-state index is 0.0594. The summed E-state index contributed by atoms with van der Waals surface area (Å²) in [5.74, 6) is -1.80. The molecule has 0 bridgehead atoms. The van der Waals surface area contributed by atoms with Crippen molar-refractivity contribution in [3.63, 3.8) is 0 Å². The fourth-order valence-electron chi connectivity index (χ4n) is 2.96. The second kappa shape index (κ2) is 9.93. The van der Waals surface area contributed by atoms with E-state index in [0.717, 1.165) is 9.13 Å². The number of esters is 1. The number of hydrogen-bond donors (Lipinski definition) is 1. The van der Waals surface area contributed by atoms with Crippen LogP contribution in [0.3, 0.4) is 0 Å².